The Bertz CT molecular complexity index is 867. The normalized spacial score (nSPS) is 17.4. The molecule has 3 N–H and O–H groups in total. The van der Waals surface area contributed by atoms with E-state index in [-0.39, 0.29) is 5.95 Å². The third kappa shape index (κ3) is 6.01. The molecule has 174 valence electrons. The molecule has 32 heavy (non-hydrogen) atoms. The average Bonchev–Trinajstić information content (AvgIpc) is 3.35. The molecule has 0 saturated carbocycles. The molecule has 3 heterocycles. The predicted octanol–water partition coefficient (Wildman–Crippen LogP) is 3.44. The molecule has 0 atom stereocenters. The molecule has 2 aromatic rings. The van der Waals surface area contributed by atoms with Crippen LogP contribution in [0.2, 0.25) is 0 Å². The fraction of sp³-hybridized carbons (Fsp3) is 0.583. The second-order valence-electron chi connectivity index (χ2n) is 8.54. The fourth-order valence-electron chi connectivity index (χ4n) is 4.37. The van der Waals surface area contributed by atoms with Crippen LogP contribution >= 0.6 is 0 Å². The minimum atomic E-state index is 0.259. The maximum atomic E-state index is 6.12. The lowest BCUT2D eigenvalue weighted by atomic mass is 10.00. The number of benzene rings is 1. The number of methoxy groups -OCH3 is 1. The molecule has 0 aliphatic carbocycles. The van der Waals surface area contributed by atoms with Gasteiger partial charge in [0, 0.05) is 38.1 Å². The van der Waals surface area contributed by atoms with E-state index in [2.05, 4.69) is 20.2 Å². The number of nitrogen functional groups attached to an aromatic ring is 1. The third-order valence-electron chi connectivity index (χ3n) is 6.26. The molecule has 8 nitrogen and oxygen atoms in total. The van der Waals surface area contributed by atoms with Crippen LogP contribution in [0.5, 0.6) is 11.5 Å². The minimum Gasteiger partial charge on any atom is -0.493 e. The van der Waals surface area contributed by atoms with Gasteiger partial charge in [-0.1, -0.05) is 6.07 Å². The van der Waals surface area contributed by atoms with E-state index in [1.54, 1.807) is 13.3 Å². The first-order valence-corrected chi connectivity index (χ1v) is 11.7. The van der Waals surface area contributed by atoms with Gasteiger partial charge in [0.25, 0.3) is 0 Å². The number of hydrogen-bond donors (Lipinski definition) is 2. The predicted molar refractivity (Wildman–Crippen MR) is 126 cm³/mol. The van der Waals surface area contributed by atoms with Gasteiger partial charge in [0.1, 0.15) is 5.82 Å². The van der Waals surface area contributed by atoms with Gasteiger partial charge in [0.05, 0.1) is 13.7 Å². The van der Waals surface area contributed by atoms with Gasteiger partial charge in [-0.3, -0.25) is 0 Å². The van der Waals surface area contributed by atoms with Crippen molar-refractivity contribution in [2.75, 3.05) is 64.2 Å². The lowest BCUT2D eigenvalue weighted by molar-refractivity contribution is 0.0699. The van der Waals surface area contributed by atoms with Gasteiger partial charge in [-0.25, -0.2) is 4.98 Å². The molecule has 1 aromatic carbocycles. The number of rotatable bonds is 10. The first-order valence-electron chi connectivity index (χ1n) is 11.7. The molecular weight excluding hydrogens is 406 g/mol. The zero-order chi connectivity index (χ0) is 22.2. The lowest BCUT2D eigenvalue weighted by Crippen LogP contribution is -2.23. The number of likely N-dealkylation sites (tertiary alicyclic amines) is 1. The second kappa shape index (κ2) is 11.3. The van der Waals surface area contributed by atoms with Crippen LogP contribution in [0, 0.1) is 5.92 Å². The molecule has 0 amide bonds. The molecule has 2 aliphatic rings. The molecule has 1 aromatic heterocycles. The first kappa shape index (κ1) is 22.6. The Morgan fingerprint density at radius 2 is 2.00 bits per heavy atom. The van der Waals surface area contributed by atoms with E-state index in [1.807, 2.05) is 18.2 Å². The van der Waals surface area contributed by atoms with Crippen LogP contribution in [0.3, 0.4) is 0 Å². The monoisotopic (exact) mass is 441 g/mol. The van der Waals surface area contributed by atoms with E-state index in [0.29, 0.717) is 12.5 Å². The molecule has 2 aliphatic heterocycles. The summed E-state index contributed by atoms with van der Waals surface area (Å²) in [4.78, 5) is 11.2. The maximum absolute atomic E-state index is 6.12. The Labute approximate surface area is 190 Å². The largest absolute Gasteiger partial charge is 0.493 e. The standard InChI is InChI=1S/C24H35N5O3/c1-30-21-6-5-19(15-22(21)32-12-4-11-29-9-2-3-10-29)20-17-27-24(25)28-23(20)26-16-18-7-13-31-14-8-18/h5-6,15,17-18H,2-4,7-14,16H2,1H3,(H3,25,26,27,28). The van der Waals surface area contributed by atoms with Crippen molar-refractivity contribution in [3.63, 3.8) is 0 Å². The first-order chi connectivity index (χ1) is 15.7. The van der Waals surface area contributed by atoms with E-state index in [4.69, 9.17) is 19.9 Å². The van der Waals surface area contributed by atoms with E-state index in [0.717, 1.165) is 74.0 Å². The highest BCUT2D eigenvalue weighted by Gasteiger charge is 2.17. The van der Waals surface area contributed by atoms with Crippen LogP contribution in [0.15, 0.2) is 24.4 Å². The van der Waals surface area contributed by atoms with Crippen molar-refractivity contribution >= 4 is 11.8 Å². The summed E-state index contributed by atoms with van der Waals surface area (Å²) >= 11 is 0. The number of anilines is 2. The van der Waals surface area contributed by atoms with Crippen LogP contribution in [0.25, 0.3) is 11.1 Å². The number of ether oxygens (including phenoxy) is 3. The topological polar surface area (TPSA) is 94.8 Å². The van der Waals surface area contributed by atoms with Gasteiger partial charge in [-0.2, -0.15) is 4.98 Å². The van der Waals surface area contributed by atoms with Crippen LogP contribution in [0.4, 0.5) is 11.8 Å². The van der Waals surface area contributed by atoms with Gasteiger partial charge in [0.2, 0.25) is 5.95 Å². The maximum Gasteiger partial charge on any atom is 0.221 e. The summed E-state index contributed by atoms with van der Waals surface area (Å²) in [5.41, 5.74) is 7.76. The van der Waals surface area contributed by atoms with Crippen LogP contribution < -0.4 is 20.5 Å². The highest BCUT2D eigenvalue weighted by atomic mass is 16.5. The van der Waals surface area contributed by atoms with Crippen LogP contribution in [-0.4, -0.2) is 68.0 Å². The Balaban J connectivity index is 1.45. The Morgan fingerprint density at radius 1 is 1.19 bits per heavy atom. The molecule has 0 bridgehead atoms. The van der Waals surface area contributed by atoms with Crippen molar-refractivity contribution in [3.8, 4) is 22.6 Å². The zero-order valence-electron chi connectivity index (χ0n) is 19.0. The smallest absolute Gasteiger partial charge is 0.221 e. The fourth-order valence-corrected chi connectivity index (χ4v) is 4.37. The molecule has 0 unspecified atom stereocenters. The summed E-state index contributed by atoms with van der Waals surface area (Å²) in [6.45, 7) is 6.63. The Morgan fingerprint density at radius 3 is 2.78 bits per heavy atom. The van der Waals surface area contributed by atoms with Crippen molar-refractivity contribution in [2.45, 2.75) is 32.1 Å². The molecule has 0 spiro atoms. The molecule has 2 fully saturated rings. The number of nitrogens with zero attached hydrogens (tertiary/aromatic N) is 3. The van der Waals surface area contributed by atoms with Gasteiger partial charge >= 0.3 is 0 Å². The molecular formula is C24H35N5O3. The van der Waals surface area contributed by atoms with Gasteiger partial charge in [0.15, 0.2) is 11.5 Å². The van der Waals surface area contributed by atoms with Gasteiger partial charge in [-0.05, 0) is 68.8 Å². The van der Waals surface area contributed by atoms with Gasteiger partial charge in [-0.15, -0.1) is 0 Å². The number of hydrogen-bond acceptors (Lipinski definition) is 8. The van der Waals surface area contributed by atoms with E-state index in [1.165, 1.54) is 25.9 Å². The van der Waals surface area contributed by atoms with Crippen molar-refractivity contribution in [3.05, 3.63) is 24.4 Å². The summed E-state index contributed by atoms with van der Waals surface area (Å²) < 4.78 is 17.1. The highest BCUT2D eigenvalue weighted by Crippen LogP contribution is 2.35. The Hall–Kier alpha value is -2.58. The van der Waals surface area contributed by atoms with E-state index in [9.17, 15) is 0 Å². The minimum absolute atomic E-state index is 0.259. The van der Waals surface area contributed by atoms with Crippen molar-refractivity contribution in [2.24, 2.45) is 5.92 Å². The number of nitrogens with two attached hydrogens (primary N) is 1. The lowest BCUT2D eigenvalue weighted by Gasteiger charge is -2.23. The van der Waals surface area contributed by atoms with Crippen molar-refractivity contribution in [1.82, 2.24) is 14.9 Å². The summed E-state index contributed by atoms with van der Waals surface area (Å²) in [5, 5.41) is 3.49. The molecule has 8 heteroatoms. The average molecular weight is 442 g/mol. The summed E-state index contributed by atoms with van der Waals surface area (Å²) in [6, 6.07) is 5.94. The molecule has 2 saturated heterocycles. The van der Waals surface area contributed by atoms with Crippen LogP contribution in [-0.2, 0) is 4.74 Å². The van der Waals surface area contributed by atoms with E-state index >= 15 is 0 Å². The number of nitrogens with one attached hydrogen (secondary N) is 1. The summed E-state index contributed by atoms with van der Waals surface area (Å²) in [5.74, 6) is 3.03. The highest BCUT2D eigenvalue weighted by molar-refractivity contribution is 5.77. The van der Waals surface area contributed by atoms with Crippen LogP contribution in [0.1, 0.15) is 32.1 Å². The quantitative estimate of drug-likeness (QED) is 0.542. The molecule has 4 rings (SSSR count). The number of aromatic nitrogens is 2. The van der Waals surface area contributed by atoms with Gasteiger partial charge < -0.3 is 30.2 Å². The van der Waals surface area contributed by atoms with Crippen molar-refractivity contribution in [1.29, 1.82) is 0 Å². The second-order valence-corrected chi connectivity index (χ2v) is 8.54. The third-order valence-corrected chi connectivity index (χ3v) is 6.26. The van der Waals surface area contributed by atoms with E-state index < -0.39 is 0 Å². The zero-order valence-corrected chi connectivity index (χ0v) is 19.0. The molecule has 0 radical (unpaired) electrons. The SMILES string of the molecule is COc1ccc(-c2cnc(N)nc2NCC2CCOCC2)cc1OCCCN1CCCC1. The summed E-state index contributed by atoms with van der Waals surface area (Å²) in [7, 11) is 1.67. The Kier molecular flexibility index (Phi) is 8.01. The summed E-state index contributed by atoms with van der Waals surface area (Å²) in [6.07, 6.45) is 7.50. The van der Waals surface area contributed by atoms with Crippen molar-refractivity contribution < 1.29 is 14.2 Å².